The first-order valence-electron chi connectivity index (χ1n) is 5.80. The summed E-state index contributed by atoms with van der Waals surface area (Å²) in [6.07, 6.45) is 2.49. The Morgan fingerprint density at radius 3 is 2.67 bits per heavy atom. The molecule has 0 saturated carbocycles. The monoisotopic (exact) mass is 331 g/mol. The fourth-order valence-corrected chi connectivity index (χ4v) is 2.18. The van der Waals surface area contributed by atoms with E-state index in [1.165, 1.54) is 18.2 Å². The summed E-state index contributed by atoms with van der Waals surface area (Å²) in [4.78, 5) is 23.0. The molecule has 0 fully saturated rings. The van der Waals surface area contributed by atoms with Crippen molar-refractivity contribution in [3.8, 4) is 0 Å². The van der Waals surface area contributed by atoms with Gasteiger partial charge in [0.2, 0.25) is 0 Å². The van der Waals surface area contributed by atoms with Crippen molar-refractivity contribution in [3.63, 3.8) is 0 Å². The van der Waals surface area contributed by atoms with Crippen molar-refractivity contribution in [3.05, 3.63) is 41.4 Å². The van der Waals surface area contributed by atoms with Gasteiger partial charge in [-0.3, -0.25) is 4.79 Å². The lowest BCUT2D eigenvalue weighted by Gasteiger charge is -2.07. The van der Waals surface area contributed by atoms with E-state index in [1.807, 2.05) is 0 Å². The average Bonchev–Trinajstić information content (AvgIpc) is 2.41. The smallest absolute Gasteiger partial charge is 0.340 e. The number of hydrogen-bond acceptors (Lipinski definition) is 5. The summed E-state index contributed by atoms with van der Waals surface area (Å²) in [5.74, 6) is -1.38. The highest BCUT2D eigenvalue weighted by molar-refractivity contribution is 7.90. The van der Waals surface area contributed by atoms with E-state index in [0.717, 1.165) is 12.3 Å². The van der Waals surface area contributed by atoms with Crippen LogP contribution < -0.4 is 5.32 Å². The Morgan fingerprint density at radius 1 is 1.43 bits per heavy atom. The second-order valence-corrected chi connectivity index (χ2v) is 6.51. The molecule has 1 aromatic rings. The van der Waals surface area contributed by atoms with Crippen LogP contribution >= 0.6 is 11.6 Å². The lowest BCUT2D eigenvalue weighted by Crippen LogP contribution is -2.28. The molecular formula is C13H14ClNO5S. The van der Waals surface area contributed by atoms with E-state index in [-0.39, 0.29) is 22.0 Å². The number of sulfone groups is 1. The number of benzene rings is 1. The molecule has 0 radical (unpaired) electrons. The molecule has 8 heteroatoms. The quantitative estimate of drug-likeness (QED) is 0.625. The fraction of sp³-hybridized carbons (Fsp3) is 0.231. The molecule has 0 aliphatic carbocycles. The van der Waals surface area contributed by atoms with Crippen molar-refractivity contribution in [2.45, 2.75) is 4.90 Å². The van der Waals surface area contributed by atoms with Gasteiger partial charge >= 0.3 is 5.97 Å². The standard InChI is InChI=1S/C13H14ClNO5S/c1-3-6-15-12(16)8-20-13(17)10-7-9(21(2,18)19)4-5-11(10)14/h3-5,7H,1,6,8H2,2H3,(H,15,16). The Hall–Kier alpha value is -1.86. The average molecular weight is 332 g/mol. The van der Waals surface area contributed by atoms with Crippen molar-refractivity contribution in [2.75, 3.05) is 19.4 Å². The molecule has 21 heavy (non-hydrogen) atoms. The van der Waals surface area contributed by atoms with Crippen molar-refractivity contribution >= 4 is 33.3 Å². The second-order valence-electron chi connectivity index (χ2n) is 4.08. The topological polar surface area (TPSA) is 89.5 Å². The summed E-state index contributed by atoms with van der Waals surface area (Å²) in [6, 6.07) is 3.68. The van der Waals surface area contributed by atoms with Gasteiger partial charge in [0, 0.05) is 12.8 Å². The van der Waals surface area contributed by atoms with Gasteiger partial charge in [-0.2, -0.15) is 0 Å². The second kappa shape index (κ2) is 7.24. The number of esters is 1. The van der Waals surface area contributed by atoms with Gasteiger partial charge in [0.25, 0.3) is 5.91 Å². The number of hydrogen-bond donors (Lipinski definition) is 1. The number of rotatable bonds is 6. The van der Waals surface area contributed by atoms with Gasteiger partial charge in [-0.25, -0.2) is 13.2 Å². The fourth-order valence-electron chi connectivity index (χ4n) is 1.34. The zero-order valence-electron chi connectivity index (χ0n) is 11.3. The van der Waals surface area contributed by atoms with Crippen LogP contribution in [-0.2, 0) is 19.4 Å². The Balaban J connectivity index is 2.83. The molecule has 1 N–H and O–H groups in total. The molecule has 0 aromatic heterocycles. The molecular weight excluding hydrogens is 318 g/mol. The normalized spacial score (nSPS) is 10.8. The highest BCUT2D eigenvalue weighted by Crippen LogP contribution is 2.21. The lowest BCUT2D eigenvalue weighted by molar-refractivity contribution is -0.124. The molecule has 0 bridgehead atoms. The molecule has 0 saturated heterocycles. The van der Waals surface area contributed by atoms with Crippen LogP contribution in [-0.4, -0.2) is 39.7 Å². The largest absolute Gasteiger partial charge is 0.452 e. The van der Waals surface area contributed by atoms with Crippen LogP contribution in [0.25, 0.3) is 0 Å². The highest BCUT2D eigenvalue weighted by Gasteiger charge is 2.17. The zero-order valence-corrected chi connectivity index (χ0v) is 12.8. The molecule has 0 heterocycles. The zero-order chi connectivity index (χ0) is 16.0. The van der Waals surface area contributed by atoms with Crippen molar-refractivity contribution in [1.29, 1.82) is 0 Å². The summed E-state index contributed by atoms with van der Waals surface area (Å²) in [6.45, 7) is 3.18. The van der Waals surface area contributed by atoms with Crippen LogP contribution in [0.5, 0.6) is 0 Å². The van der Waals surface area contributed by atoms with Crippen LogP contribution in [0.1, 0.15) is 10.4 Å². The number of amides is 1. The van der Waals surface area contributed by atoms with E-state index in [9.17, 15) is 18.0 Å². The SMILES string of the molecule is C=CCNC(=O)COC(=O)c1cc(S(C)(=O)=O)ccc1Cl. The van der Waals surface area contributed by atoms with Crippen LogP contribution in [0.15, 0.2) is 35.7 Å². The number of nitrogens with one attached hydrogen (secondary N) is 1. The van der Waals surface area contributed by atoms with E-state index in [1.54, 1.807) is 0 Å². The molecule has 0 atom stereocenters. The molecule has 0 unspecified atom stereocenters. The third-order valence-electron chi connectivity index (χ3n) is 2.36. The molecule has 6 nitrogen and oxygen atoms in total. The van der Waals surface area contributed by atoms with E-state index in [2.05, 4.69) is 11.9 Å². The Morgan fingerprint density at radius 2 is 2.10 bits per heavy atom. The predicted octanol–water partition coefficient (Wildman–Crippen LogP) is 1.20. The van der Waals surface area contributed by atoms with Gasteiger partial charge in [-0.05, 0) is 18.2 Å². The van der Waals surface area contributed by atoms with Crippen LogP contribution in [0, 0.1) is 0 Å². The minimum Gasteiger partial charge on any atom is -0.452 e. The molecule has 1 rings (SSSR count). The minimum absolute atomic E-state index is 0.0406. The van der Waals surface area contributed by atoms with Gasteiger partial charge in [0.15, 0.2) is 16.4 Å². The van der Waals surface area contributed by atoms with Gasteiger partial charge in [-0.15, -0.1) is 6.58 Å². The first-order chi connectivity index (χ1) is 9.75. The third-order valence-corrected chi connectivity index (χ3v) is 3.80. The Kier molecular flexibility index (Phi) is 5.92. The number of ether oxygens (including phenoxy) is 1. The van der Waals surface area contributed by atoms with Gasteiger partial charge < -0.3 is 10.1 Å². The first kappa shape index (κ1) is 17.2. The van der Waals surface area contributed by atoms with E-state index in [4.69, 9.17) is 16.3 Å². The van der Waals surface area contributed by atoms with Crippen LogP contribution in [0.2, 0.25) is 5.02 Å². The van der Waals surface area contributed by atoms with Gasteiger partial charge in [0.1, 0.15) is 0 Å². The Labute approximate surface area is 127 Å². The maximum atomic E-state index is 11.8. The predicted molar refractivity (Wildman–Crippen MR) is 78.1 cm³/mol. The summed E-state index contributed by atoms with van der Waals surface area (Å²) in [7, 11) is -3.48. The van der Waals surface area contributed by atoms with Gasteiger partial charge in [-0.1, -0.05) is 17.7 Å². The van der Waals surface area contributed by atoms with E-state index in [0.29, 0.717) is 0 Å². The molecule has 1 aromatic carbocycles. The number of carbonyl (C=O) groups excluding carboxylic acids is 2. The summed E-state index contributed by atoms with van der Waals surface area (Å²) in [5, 5.41) is 2.47. The van der Waals surface area contributed by atoms with E-state index < -0.39 is 28.3 Å². The van der Waals surface area contributed by atoms with E-state index >= 15 is 0 Å². The third kappa shape index (κ3) is 5.20. The summed E-state index contributed by atoms with van der Waals surface area (Å²) >= 11 is 5.83. The molecule has 0 aliphatic rings. The van der Waals surface area contributed by atoms with Crippen molar-refractivity contribution in [1.82, 2.24) is 5.32 Å². The number of halogens is 1. The highest BCUT2D eigenvalue weighted by atomic mass is 35.5. The molecule has 0 aliphatic heterocycles. The lowest BCUT2D eigenvalue weighted by atomic mass is 10.2. The molecule has 114 valence electrons. The first-order valence-corrected chi connectivity index (χ1v) is 8.07. The molecule has 1 amide bonds. The Bertz CT molecular complexity index is 669. The number of carbonyl (C=O) groups is 2. The summed E-state index contributed by atoms with van der Waals surface area (Å²) in [5.41, 5.74) is -0.115. The van der Waals surface area contributed by atoms with Crippen LogP contribution in [0.3, 0.4) is 0 Å². The maximum absolute atomic E-state index is 11.8. The van der Waals surface area contributed by atoms with Crippen LogP contribution in [0.4, 0.5) is 0 Å². The molecule has 0 spiro atoms. The van der Waals surface area contributed by atoms with Crippen molar-refractivity contribution in [2.24, 2.45) is 0 Å². The minimum atomic E-state index is -3.48. The van der Waals surface area contributed by atoms with Gasteiger partial charge in [0.05, 0.1) is 15.5 Å². The maximum Gasteiger partial charge on any atom is 0.340 e. The summed E-state index contributed by atoms with van der Waals surface area (Å²) < 4.78 is 27.6. The van der Waals surface area contributed by atoms with Crippen molar-refractivity contribution < 1.29 is 22.7 Å².